The van der Waals surface area contributed by atoms with Gasteiger partial charge in [0.05, 0.1) is 24.7 Å². The summed E-state index contributed by atoms with van der Waals surface area (Å²) in [5.41, 5.74) is -0.233. The molecular weight excluding hydrogens is 430 g/mol. The fraction of sp³-hybridized carbons (Fsp3) is 0.350. The number of benzene rings is 1. The van der Waals surface area contributed by atoms with E-state index < -0.39 is 24.0 Å². The first-order valence-electron chi connectivity index (χ1n) is 9.55. The molecule has 0 unspecified atom stereocenters. The highest BCUT2D eigenvalue weighted by atomic mass is 32.2. The van der Waals surface area contributed by atoms with E-state index in [9.17, 15) is 13.6 Å². The largest absolute Gasteiger partial charge is 0.456 e. The Morgan fingerprint density at radius 3 is 2.58 bits per heavy atom. The van der Waals surface area contributed by atoms with Gasteiger partial charge in [-0.05, 0) is 36.0 Å². The van der Waals surface area contributed by atoms with Crippen LogP contribution in [0.25, 0.3) is 11.6 Å². The Morgan fingerprint density at radius 1 is 1.19 bits per heavy atom. The molecule has 3 heterocycles. The van der Waals surface area contributed by atoms with Crippen LogP contribution in [0.15, 0.2) is 38.7 Å². The minimum absolute atomic E-state index is 0.233. The van der Waals surface area contributed by atoms with Crippen LogP contribution in [-0.2, 0) is 18.3 Å². The molecule has 2 aromatic heterocycles. The lowest BCUT2D eigenvalue weighted by atomic mass is 10.1. The van der Waals surface area contributed by atoms with Crippen LogP contribution < -0.4 is 0 Å². The number of hydrogen-bond acceptors (Lipinski definition) is 8. The summed E-state index contributed by atoms with van der Waals surface area (Å²) in [5.74, 6) is -0.913. The van der Waals surface area contributed by atoms with Gasteiger partial charge in [0.15, 0.2) is 22.5 Å². The molecule has 0 atom stereocenters. The molecule has 0 aliphatic carbocycles. The maximum Gasteiger partial charge on any atom is 0.200 e. The van der Waals surface area contributed by atoms with Crippen molar-refractivity contribution in [3.8, 4) is 11.6 Å². The summed E-state index contributed by atoms with van der Waals surface area (Å²) in [6.07, 6.45) is 0. The molecule has 1 saturated heterocycles. The highest BCUT2D eigenvalue weighted by molar-refractivity contribution is 7.99. The average molecular weight is 450 g/mol. The van der Waals surface area contributed by atoms with Gasteiger partial charge in [0, 0.05) is 25.7 Å². The zero-order chi connectivity index (χ0) is 22.0. The van der Waals surface area contributed by atoms with E-state index in [1.807, 2.05) is 6.07 Å². The van der Waals surface area contributed by atoms with E-state index in [1.165, 1.54) is 0 Å². The molecular formula is C20H20F2N4O4S. The Morgan fingerprint density at radius 2 is 1.90 bits per heavy atom. The summed E-state index contributed by atoms with van der Waals surface area (Å²) in [7, 11) is 1.67. The number of furan rings is 1. The fourth-order valence-corrected chi connectivity index (χ4v) is 3.98. The van der Waals surface area contributed by atoms with E-state index in [4.69, 9.17) is 14.3 Å². The molecule has 11 heteroatoms. The standard InChI is InChI=1S/C20H20F2N4O4S/c1-25-19(17-3-2-13(30-17)10-26-4-6-29-7-5-26)23-24-20(25)31-18-14(21)8-12(9-15(18)22)16(28)11-27/h2-3,8-9,27H,4-7,10-11H2,1H3. The average Bonchev–Trinajstić information content (AvgIpc) is 3.37. The van der Waals surface area contributed by atoms with Crippen molar-refractivity contribution >= 4 is 17.5 Å². The second kappa shape index (κ2) is 9.27. The van der Waals surface area contributed by atoms with Gasteiger partial charge in [0.2, 0.25) is 0 Å². The lowest BCUT2D eigenvalue weighted by Gasteiger charge is -2.25. The molecule has 164 valence electrons. The van der Waals surface area contributed by atoms with Crippen LogP contribution in [0.1, 0.15) is 16.1 Å². The van der Waals surface area contributed by atoms with E-state index in [0.29, 0.717) is 31.3 Å². The van der Waals surface area contributed by atoms with Crippen LogP contribution in [0.5, 0.6) is 0 Å². The van der Waals surface area contributed by atoms with Gasteiger partial charge in [-0.1, -0.05) is 0 Å². The number of aliphatic hydroxyl groups is 1. The predicted octanol–water partition coefficient (Wildman–Crippen LogP) is 2.51. The monoisotopic (exact) mass is 450 g/mol. The first-order chi connectivity index (χ1) is 15.0. The zero-order valence-electron chi connectivity index (χ0n) is 16.7. The van der Waals surface area contributed by atoms with Crippen molar-refractivity contribution in [2.75, 3.05) is 32.9 Å². The Labute approximate surface area is 180 Å². The van der Waals surface area contributed by atoms with E-state index in [2.05, 4.69) is 15.1 Å². The predicted molar refractivity (Wildman–Crippen MR) is 107 cm³/mol. The SMILES string of the molecule is Cn1c(Sc2c(F)cc(C(=O)CO)cc2F)nnc1-c1ccc(CN2CCOCC2)o1. The first kappa shape index (κ1) is 21.6. The van der Waals surface area contributed by atoms with Gasteiger partial charge in [0.1, 0.15) is 24.0 Å². The lowest BCUT2D eigenvalue weighted by Crippen LogP contribution is -2.35. The fourth-order valence-electron chi connectivity index (χ4n) is 3.18. The minimum Gasteiger partial charge on any atom is -0.456 e. The van der Waals surface area contributed by atoms with Gasteiger partial charge in [-0.3, -0.25) is 9.69 Å². The number of aliphatic hydroxyl groups excluding tert-OH is 1. The molecule has 0 bridgehead atoms. The normalized spacial score (nSPS) is 14.8. The molecule has 0 amide bonds. The third-order valence-corrected chi connectivity index (χ3v) is 5.99. The van der Waals surface area contributed by atoms with Gasteiger partial charge >= 0.3 is 0 Å². The summed E-state index contributed by atoms with van der Waals surface area (Å²) >= 11 is 0.748. The summed E-state index contributed by atoms with van der Waals surface area (Å²) < 4.78 is 41.6. The molecule has 1 fully saturated rings. The highest BCUT2D eigenvalue weighted by Crippen LogP contribution is 2.33. The van der Waals surface area contributed by atoms with Crippen LogP contribution in [0.2, 0.25) is 0 Å². The number of ketones is 1. The number of hydrogen-bond donors (Lipinski definition) is 1. The molecule has 4 rings (SSSR count). The van der Waals surface area contributed by atoms with Crippen LogP contribution in [-0.4, -0.2) is 63.5 Å². The number of carbonyl (C=O) groups is 1. The van der Waals surface area contributed by atoms with Gasteiger partial charge < -0.3 is 18.8 Å². The molecule has 1 aliphatic heterocycles. The summed E-state index contributed by atoms with van der Waals surface area (Å²) in [4.78, 5) is 13.4. The second-order valence-electron chi connectivity index (χ2n) is 6.97. The maximum absolute atomic E-state index is 14.4. The van der Waals surface area contributed by atoms with E-state index in [0.717, 1.165) is 42.7 Å². The molecule has 1 N–H and O–H groups in total. The van der Waals surface area contributed by atoms with Gasteiger partial charge in [-0.25, -0.2) is 8.78 Å². The quantitative estimate of drug-likeness (QED) is 0.549. The number of aromatic nitrogens is 3. The molecule has 1 aromatic carbocycles. The molecule has 3 aromatic rings. The van der Waals surface area contributed by atoms with Crippen molar-refractivity contribution in [3.05, 3.63) is 47.2 Å². The Balaban J connectivity index is 1.52. The molecule has 8 nitrogen and oxygen atoms in total. The Bertz CT molecular complexity index is 1070. The maximum atomic E-state index is 14.4. The Hall–Kier alpha value is -2.60. The van der Waals surface area contributed by atoms with Crippen LogP contribution in [0.3, 0.4) is 0 Å². The van der Waals surface area contributed by atoms with Crippen LogP contribution >= 0.6 is 11.8 Å². The number of nitrogens with zero attached hydrogens (tertiary/aromatic N) is 4. The van der Waals surface area contributed by atoms with E-state index in [-0.39, 0.29) is 15.6 Å². The second-order valence-corrected chi connectivity index (χ2v) is 7.95. The van der Waals surface area contributed by atoms with Crippen molar-refractivity contribution in [1.82, 2.24) is 19.7 Å². The van der Waals surface area contributed by atoms with Crippen LogP contribution in [0, 0.1) is 11.6 Å². The van der Waals surface area contributed by atoms with Crippen LogP contribution in [0.4, 0.5) is 8.78 Å². The van der Waals surface area contributed by atoms with Crippen molar-refractivity contribution in [3.63, 3.8) is 0 Å². The number of rotatable bonds is 7. The Kier molecular flexibility index (Phi) is 6.46. The van der Waals surface area contributed by atoms with Crippen molar-refractivity contribution in [2.24, 2.45) is 7.05 Å². The summed E-state index contributed by atoms with van der Waals surface area (Å²) in [6, 6.07) is 5.44. The third kappa shape index (κ3) is 4.69. The van der Waals surface area contributed by atoms with Gasteiger partial charge in [-0.15, -0.1) is 10.2 Å². The zero-order valence-corrected chi connectivity index (χ0v) is 17.5. The molecule has 0 saturated carbocycles. The van der Waals surface area contributed by atoms with E-state index >= 15 is 0 Å². The van der Waals surface area contributed by atoms with Gasteiger partial charge in [0.25, 0.3) is 0 Å². The number of ether oxygens (including phenoxy) is 1. The number of morpholine rings is 1. The topological polar surface area (TPSA) is 93.6 Å². The van der Waals surface area contributed by atoms with Crippen molar-refractivity contribution in [1.29, 1.82) is 0 Å². The molecule has 0 radical (unpaired) electrons. The lowest BCUT2D eigenvalue weighted by molar-refractivity contribution is 0.0314. The van der Waals surface area contributed by atoms with E-state index in [1.54, 1.807) is 17.7 Å². The number of Topliss-reactive ketones (excluding diaryl/α,β-unsaturated/α-hetero) is 1. The number of halogens is 2. The molecule has 0 spiro atoms. The first-order valence-corrected chi connectivity index (χ1v) is 10.4. The third-order valence-electron chi connectivity index (χ3n) is 4.86. The highest BCUT2D eigenvalue weighted by Gasteiger charge is 2.21. The number of carbonyl (C=O) groups excluding carboxylic acids is 1. The molecule has 1 aliphatic rings. The van der Waals surface area contributed by atoms with Gasteiger partial charge in [-0.2, -0.15) is 0 Å². The minimum atomic E-state index is -0.919. The van der Waals surface area contributed by atoms with Crippen molar-refractivity contribution in [2.45, 2.75) is 16.6 Å². The smallest absolute Gasteiger partial charge is 0.200 e. The van der Waals surface area contributed by atoms with Crippen molar-refractivity contribution < 1.29 is 27.8 Å². The summed E-state index contributed by atoms with van der Waals surface area (Å²) in [6.45, 7) is 2.88. The summed E-state index contributed by atoms with van der Waals surface area (Å²) in [5, 5.41) is 17.2. The molecule has 31 heavy (non-hydrogen) atoms.